The molecule has 0 N–H and O–H groups in total. The zero-order valence-electron chi connectivity index (χ0n) is 11.4. The predicted molar refractivity (Wildman–Crippen MR) is 88.2 cm³/mol. The predicted octanol–water partition coefficient (Wildman–Crippen LogP) is 4.07. The minimum Gasteiger partial charge on any atom is -0.246 e. The molecule has 0 saturated heterocycles. The van der Waals surface area contributed by atoms with Crippen LogP contribution >= 0.6 is 0 Å². The van der Waals surface area contributed by atoms with Gasteiger partial charge in [0.2, 0.25) is 0 Å². The fourth-order valence-corrected chi connectivity index (χ4v) is 2.42. The zero-order chi connectivity index (χ0) is 13.4. The highest BCUT2D eigenvalue weighted by Crippen LogP contribution is 2.21. The van der Waals surface area contributed by atoms with Crippen LogP contribution in [0.25, 0.3) is 33.2 Å². The molecule has 0 spiro atoms. The summed E-state index contributed by atoms with van der Waals surface area (Å²) in [5.74, 6) is 0. The maximum Gasteiger partial charge on any atom is 0.0894 e. The molecule has 0 fully saturated rings. The van der Waals surface area contributed by atoms with Crippen molar-refractivity contribution in [2.45, 2.75) is 0 Å². The average molecular weight is 267 g/mol. The van der Waals surface area contributed by atoms with Gasteiger partial charge in [0.15, 0.2) is 0 Å². The van der Waals surface area contributed by atoms with E-state index in [0.717, 1.165) is 33.2 Å². The second kappa shape index (κ2) is 5.37. The molecule has 4 aromatic rings. The van der Waals surface area contributed by atoms with Crippen LogP contribution in [-0.4, -0.2) is 18.4 Å². The largest absolute Gasteiger partial charge is 0.246 e. The van der Waals surface area contributed by atoms with E-state index in [1.165, 1.54) is 0 Å². The molecule has 2 aromatic heterocycles. The van der Waals surface area contributed by atoms with E-state index in [1.807, 2.05) is 48.5 Å². The van der Waals surface area contributed by atoms with Crippen LogP contribution in [0.3, 0.4) is 0 Å². The van der Waals surface area contributed by atoms with Crippen LogP contribution < -0.4 is 0 Å². The van der Waals surface area contributed by atoms with Crippen LogP contribution in [0.1, 0.15) is 0 Å². The van der Waals surface area contributed by atoms with Gasteiger partial charge in [-0.25, -0.2) is 9.97 Å². The molecule has 0 atom stereocenters. The summed E-state index contributed by atoms with van der Waals surface area (Å²) >= 11 is 0. The molecule has 2 aromatic carbocycles. The molecule has 2 nitrogen and oxygen atoms in total. The Bertz CT molecular complexity index is 841. The Kier molecular flexibility index (Phi) is 3.40. The van der Waals surface area contributed by atoms with Crippen LogP contribution in [0, 0.1) is 0 Å². The van der Waals surface area contributed by atoms with Crippen molar-refractivity contribution >= 4 is 30.2 Å². The lowest BCUT2D eigenvalue weighted by Crippen LogP contribution is -1.89. The Morgan fingerprint density at radius 1 is 0.476 bits per heavy atom. The van der Waals surface area contributed by atoms with E-state index >= 15 is 0 Å². The van der Waals surface area contributed by atoms with Gasteiger partial charge < -0.3 is 0 Å². The summed E-state index contributed by atoms with van der Waals surface area (Å²) in [5, 5.41) is 2.30. The highest BCUT2D eigenvalue weighted by atomic mass is 14.8. The van der Waals surface area contributed by atoms with Crippen LogP contribution in [0.2, 0.25) is 0 Å². The molecule has 0 amide bonds. The fraction of sp³-hybridized carbons (Fsp3) is 0. The van der Waals surface area contributed by atoms with Gasteiger partial charge >= 0.3 is 0 Å². The number of hydrogen-bond acceptors (Lipinski definition) is 2. The Morgan fingerprint density at radius 3 is 1.38 bits per heavy atom. The molecule has 4 rings (SSSR count). The molecule has 3 heteroatoms. The lowest BCUT2D eigenvalue weighted by atomic mass is 10.1. The summed E-state index contributed by atoms with van der Waals surface area (Å²) in [4.78, 5) is 9.38. The monoisotopic (exact) mass is 267 g/mol. The molecule has 0 saturated carbocycles. The van der Waals surface area contributed by atoms with Gasteiger partial charge in [0.25, 0.3) is 0 Å². The number of rotatable bonds is 1. The summed E-state index contributed by atoms with van der Waals surface area (Å²) in [6, 6.07) is 24.5. The maximum absolute atomic E-state index is 4.69. The van der Waals surface area contributed by atoms with Crippen molar-refractivity contribution in [2.24, 2.45) is 0 Å². The molecule has 3 radical (unpaired) electrons. The molecular weight excluding hydrogens is 255 g/mol. The van der Waals surface area contributed by atoms with E-state index < -0.39 is 0 Å². The second-order valence-corrected chi connectivity index (χ2v) is 4.78. The molecule has 0 unspecified atom stereocenters. The summed E-state index contributed by atoms with van der Waals surface area (Å²) < 4.78 is 0. The Balaban J connectivity index is 0.00000132. The number of nitrogens with zero attached hydrogens (tertiary/aromatic N) is 2. The van der Waals surface area contributed by atoms with Crippen LogP contribution in [0.5, 0.6) is 0 Å². The van der Waals surface area contributed by atoms with Gasteiger partial charge in [0, 0.05) is 19.2 Å². The zero-order valence-corrected chi connectivity index (χ0v) is 11.4. The van der Waals surface area contributed by atoms with Gasteiger partial charge in [-0.3, -0.25) is 0 Å². The summed E-state index contributed by atoms with van der Waals surface area (Å²) in [7, 11) is 0. The number of benzene rings is 2. The van der Waals surface area contributed by atoms with Gasteiger partial charge in [-0.2, -0.15) is 0 Å². The normalized spacial score (nSPS) is 10.5. The van der Waals surface area contributed by atoms with Crippen molar-refractivity contribution in [2.75, 3.05) is 0 Å². The highest BCUT2D eigenvalue weighted by Gasteiger charge is 2.03. The quantitative estimate of drug-likeness (QED) is 0.486. The van der Waals surface area contributed by atoms with Gasteiger partial charge in [-0.05, 0) is 24.3 Å². The molecule has 97 valence electrons. The fourth-order valence-electron chi connectivity index (χ4n) is 2.42. The molecule has 0 bridgehead atoms. The van der Waals surface area contributed by atoms with Gasteiger partial charge in [0.1, 0.15) is 0 Å². The Morgan fingerprint density at radius 2 is 0.905 bits per heavy atom. The van der Waals surface area contributed by atoms with Crippen molar-refractivity contribution in [1.29, 1.82) is 0 Å². The summed E-state index contributed by atoms with van der Waals surface area (Å²) in [5.41, 5.74) is 3.82. The number of aromatic nitrogens is 2. The van der Waals surface area contributed by atoms with E-state index in [0.29, 0.717) is 0 Å². The standard InChI is InChI=1S/C18H12N2.B/c1-3-7-15-13(5-1)9-11-17(19-15)18-12-10-14-6-2-4-8-16(14)20-18;/h1-12H;. The molecular formula is C18H12BN2. The minimum absolute atomic E-state index is 0. The third-order valence-corrected chi connectivity index (χ3v) is 3.46. The number of fused-ring (bicyclic) bond motifs is 2. The van der Waals surface area contributed by atoms with Crippen LogP contribution in [-0.2, 0) is 0 Å². The van der Waals surface area contributed by atoms with Gasteiger partial charge in [-0.15, -0.1) is 0 Å². The number of para-hydroxylation sites is 2. The topological polar surface area (TPSA) is 25.8 Å². The van der Waals surface area contributed by atoms with E-state index in [4.69, 9.17) is 0 Å². The molecule has 0 aliphatic carbocycles. The van der Waals surface area contributed by atoms with Crippen molar-refractivity contribution in [3.63, 3.8) is 0 Å². The van der Waals surface area contributed by atoms with Crippen LogP contribution in [0.15, 0.2) is 72.8 Å². The second-order valence-electron chi connectivity index (χ2n) is 4.78. The van der Waals surface area contributed by atoms with Crippen LogP contribution in [0.4, 0.5) is 0 Å². The van der Waals surface area contributed by atoms with E-state index in [2.05, 4.69) is 34.2 Å². The van der Waals surface area contributed by atoms with Crippen molar-refractivity contribution in [3.8, 4) is 11.4 Å². The summed E-state index contributed by atoms with van der Waals surface area (Å²) in [6.45, 7) is 0. The third-order valence-electron chi connectivity index (χ3n) is 3.46. The van der Waals surface area contributed by atoms with Gasteiger partial charge in [0.05, 0.1) is 22.4 Å². The minimum atomic E-state index is 0. The number of hydrogen-bond donors (Lipinski definition) is 0. The van der Waals surface area contributed by atoms with E-state index in [9.17, 15) is 0 Å². The Labute approximate surface area is 125 Å². The molecule has 21 heavy (non-hydrogen) atoms. The Hall–Kier alpha value is -2.68. The van der Waals surface area contributed by atoms with Crippen molar-refractivity contribution in [3.05, 3.63) is 72.8 Å². The average Bonchev–Trinajstić information content (AvgIpc) is 2.54. The van der Waals surface area contributed by atoms with E-state index in [1.54, 1.807) is 0 Å². The van der Waals surface area contributed by atoms with E-state index in [-0.39, 0.29) is 8.41 Å². The first-order chi connectivity index (χ1) is 9.90. The summed E-state index contributed by atoms with van der Waals surface area (Å²) in [6.07, 6.45) is 0. The third kappa shape index (κ3) is 2.38. The first-order valence-electron chi connectivity index (χ1n) is 6.62. The highest BCUT2D eigenvalue weighted by molar-refractivity contribution is 5.83. The number of pyridine rings is 2. The SMILES string of the molecule is [B].c1ccc2nc(-c3ccc4ccccc4n3)ccc2c1. The van der Waals surface area contributed by atoms with Gasteiger partial charge in [-0.1, -0.05) is 48.5 Å². The van der Waals surface area contributed by atoms with Crippen molar-refractivity contribution < 1.29 is 0 Å². The first kappa shape index (κ1) is 13.3. The molecule has 0 aliphatic rings. The lowest BCUT2D eigenvalue weighted by molar-refractivity contribution is 1.32. The maximum atomic E-state index is 4.69. The molecule has 0 aliphatic heterocycles. The lowest BCUT2D eigenvalue weighted by Gasteiger charge is -2.04. The van der Waals surface area contributed by atoms with Crippen molar-refractivity contribution in [1.82, 2.24) is 9.97 Å². The first-order valence-corrected chi connectivity index (χ1v) is 6.62. The smallest absolute Gasteiger partial charge is 0.0894 e. The molecule has 2 heterocycles.